The number of carbonyl (C=O) groups excluding carboxylic acids is 1. The highest BCUT2D eigenvalue weighted by atomic mass is 19.1. The molecule has 0 N–H and O–H groups in total. The van der Waals surface area contributed by atoms with E-state index in [0.29, 0.717) is 0 Å². The van der Waals surface area contributed by atoms with Gasteiger partial charge in [-0.2, -0.15) is 0 Å². The number of halogens is 2. The number of rotatable bonds is 3. The van der Waals surface area contributed by atoms with E-state index in [1.807, 2.05) is 0 Å². The zero-order chi connectivity index (χ0) is 14.0. The lowest BCUT2D eigenvalue weighted by Crippen LogP contribution is -2.07. The van der Waals surface area contributed by atoms with E-state index in [0.717, 1.165) is 18.2 Å². The van der Waals surface area contributed by atoms with Crippen molar-refractivity contribution in [1.82, 2.24) is 14.8 Å². The molecule has 1 aromatic carbocycles. The van der Waals surface area contributed by atoms with Crippen LogP contribution in [-0.4, -0.2) is 27.3 Å². The fraction of sp³-hybridized carbons (Fsp3) is 0.250. The summed E-state index contributed by atoms with van der Waals surface area (Å²) in [4.78, 5) is 15.4. The van der Waals surface area contributed by atoms with Gasteiger partial charge in [0, 0.05) is 18.7 Å². The second kappa shape index (κ2) is 5.13. The Morgan fingerprint density at radius 1 is 1.32 bits per heavy atom. The first kappa shape index (κ1) is 13.1. The molecule has 100 valence electrons. The van der Waals surface area contributed by atoms with Gasteiger partial charge in [0.1, 0.15) is 11.6 Å². The number of ether oxygens (including phenoxy) is 1. The van der Waals surface area contributed by atoms with Crippen molar-refractivity contribution in [3.05, 3.63) is 35.7 Å². The number of aromatic nitrogens is 3. The van der Waals surface area contributed by atoms with Crippen LogP contribution in [0.4, 0.5) is 8.78 Å². The Morgan fingerprint density at radius 2 is 1.95 bits per heavy atom. The van der Waals surface area contributed by atoms with E-state index in [4.69, 9.17) is 4.74 Å². The molecule has 2 rings (SSSR count). The van der Waals surface area contributed by atoms with Crippen molar-refractivity contribution < 1.29 is 18.3 Å². The van der Waals surface area contributed by atoms with E-state index in [2.05, 4.69) is 10.1 Å². The van der Waals surface area contributed by atoms with Crippen molar-refractivity contribution in [2.75, 3.05) is 6.61 Å². The molecule has 0 fully saturated rings. The molecule has 0 spiro atoms. The smallest absolute Gasteiger partial charge is 0.378 e. The van der Waals surface area contributed by atoms with Crippen LogP contribution >= 0.6 is 0 Å². The van der Waals surface area contributed by atoms with Crippen LogP contribution in [0.25, 0.3) is 11.4 Å². The number of hydrogen-bond acceptors (Lipinski definition) is 4. The monoisotopic (exact) mass is 267 g/mol. The molecule has 1 aromatic heterocycles. The first-order chi connectivity index (χ1) is 9.01. The van der Waals surface area contributed by atoms with Gasteiger partial charge >= 0.3 is 5.97 Å². The van der Waals surface area contributed by atoms with Crippen molar-refractivity contribution in [1.29, 1.82) is 0 Å². The summed E-state index contributed by atoms with van der Waals surface area (Å²) >= 11 is 0. The summed E-state index contributed by atoms with van der Waals surface area (Å²) < 4.78 is 32.3. The zero-order valence-electron chi connectivity index (χ0n) is 10.4. The Bertz CT molecular complexity index is 605. The minimum absolute atomic E-state index is 0.149. The molecular weight excluding hydrogens is 256 g/mol. The SMILES string of the molecule is CCOC(=O)c1nc(-c2cc(F)cc(F)c2)n(C)n1. The molecule has 0 aliphatic carbocycles. The summed E-state index contributed by atoms with van der Waals surface area (Å²) in [5, 5.41) is 3.85. The third kappa shape index (κ3) is 2.75. The zero-order valence-corrected chi connectivity index (χ0v) is 10.4. The fourth-order valence-corrected chi connectivity index (χ4v) is 1.60. The van der Waals surface area contributed by atoms with E-state index in [1.54, 1.807) is 6.92 Å². The second-order valence-corrected chi connectivity index (χ2v) is 3.76. The van der Waals surface area contributed by atoms with E-state index in [9.17, 15) is 13.6 Å². The summed E-state index contributed by atoms with van der Waals surface area (Å²) in [5.74, 6) is -2.10. The van der Waals surface area contributed by atoms with Crippen molar-refractivity contribution in [2.45, 2.75) is 6.92 Å². The number of hydrogen-bond donors (Lipinski definition) is 0. The van der Waals surface area contributed by atoms with Crippen molar-refractivity contribution in [3.8, 4) is 11.4 Å². The first-order valence-corrected chi connectivity index (χ1v) is 5.56. The molecule has 0 saturated carbocycles. The highest BCUT2D eigenvalue weighted by molar-refractivity contribution is 5.85. The predicted octanol–water partition coefficient (Wildman–Crippen LogP) is 1.94. The fourth-order valence-electron chi connectivity index (χ4n) is 1.60. The number of nitrogens with zero attached hydrogens (tertiary/aromatic N) is 3. The van der Waals surface area contributed by atoms with Crippen LogP contribution in [0.1, 0.15) is 17.5 Å². The number of aryl methyl sites for hydroxylation is 1. The highest BCUT2D eigenvalue weighted by Crippen LogP contribution is 2.19. The lowest BCUT2D eigenvalue weighted by atomic mass is 10.2. The van der Waals surface area contributed by atoms with Crippen molar-refractivity contribution >= 4 is 5.97 Å². The van der Waals surface area contributed by atoms with Crippen molar-refractivity contribution in [3.63, 3.8) is 0 Å². The lowest BCUT2D eigenvalue weighted by molar-refractivity contribution is 0.0512. The van der Waals surface area contributed by atoms with Crippen LogP contribution in [0, 0.1) is 11.6 Å². The molecule has 0 saturated heterocycles. The maximum absolute atomic E-state index is 13.1. The van der Waals surface area contributed by atoms with Gasteiger partial charge in [0.05, 0.1) is 6.61 Å². The van der Waals surface area contributed by atoms with Gasteiger partial charge in [-0.15, -0.1) is 5.10 Å². The minimum atomic E-state index is -0.726. The van der Waals surface area contributed by atoms with E-state index >= 15 is 0 Å². The Labute approximate surface area is 107 Å². The molecular formula is C12H11F2N3O2. The van der Waals surface area contributed by atoms with Gasteiger partial charge in [-0.1, -0.05) is 0 Å². The van der Waals surface area contributed by atoms with Gasteiger partial charge in [-0.05, 0) is 19.1 Å². The first-order valence-electron chi connectivity index (χ1n) is 5.56. The molecule has 2 aromatic rings. The van der Waals surface area contributed by atoms with Gasteiger partial charge in [0.25, 0.3) is 5.82 Å². The van der Waals surface area contributed by atoms with E-state index in [1.165, 1.54) is 11.7 Å². The average Bonchev–Trinajstić information content (AvgIpc) is 2.70. The molecule has 7 heteroatoms. The summed E-state index contributed by atoms with van der Waals surface area (Å²) in [6.07, 6.45) is 0. The Morgan fingerprint density at radius 3 is 2.53 bits per heavy atom. The molecule has 19 heavy (non-hydrogen) atoms. The maximum atomic E-state index is 13.1. The van der Waals surface area contributed by atoms with Crippen molar-refractivity contribution in [2.24, 2.45) is 7.05 Å². The lowest BCUT2D eigenvalue weighted by Gasteiger charge is -2.00. The van der Waals surface area contributed by atoms with Crippen LogP contribution < -0.4 is 0 Å². The van der Waals surface area contributed by atoms with Crippen LogP contribution in [0.15, 0.2) is 18.2 Å². The molecule has 0 atom stereocenters. The number of esters is 1. The topological polar surface area (TPSA) is 57.0 Å². The molecule has 5 nitrogen and oxygen atoms in total. The molecule has 0 bridgehead atoms. The molecule has 0 radical (unpaired) electrons. The highest BCUT2D eigenvalue weighted by Gasteiger charge is 2.17. The van der Waals surface area contributed by atoms with Gasteiger partial charge in [0.2, 0.25) is 0 Å². The van der Waals surface area contributed by atoms with Crippen LogP contribution in [0.2, 0.25) is 0 Å². The molecule has 0 amide bonds. The average molecular weight is 267 g/mol. The molecule has 1 heterocycles. The minimum Gasteiger partial charge on any atom is -0.460 e. The number of benzene rings is 1. The quantitative estimate of drug-likeness (QED) is 0.797. The standard InChI is InChI=1S/C12H11F2N3O2/c1-3-19-12(18)10-15-11(17(2)16-10)7-4-8(13)6-9(14)5-7/h4-6H,3H2,1-2H3. The third-order valence-electron chi connectivity index (χ3n) is 2.34. The second-order valence-electron chi connectivity index (χ2n) is 3.76. The molecule has 0 unspecified atom stereocenters. The maximum Gasteiger partial charge on any atom is 0.378 e. The van der Waals surface area contributed by atoms with Crippen LogP contribution in [0.5, 0.6) is 0 Å². The third-order valence-corrected chi connectivity index (χ3v) is 2.34. The van der Waals surface area contributed by atoms with Crippen LogP contribution in [-0.2, 0) is 11.8 Å². The van der Waals surface area contributed by atoms with Gasteiger partial charge in [-0.25, -0.2) is 23.2 Å². The van der Waals surface area contributed by atoms with Gasteiger partial charge in [-0.3, -0.25) is 0 Å². The summed E-state index contributed by atoms with van der Waals surface area (Å²) in [5.41, 5.74) is 0.197. The summed E-state index contributed by atoms with van der Waals surface area (Å²) in [6, 6.07) is 2.98. The Kier molecular flexibility index (Phi) is 3.55. The van der Waals surface area contributed by atoms with Gasteiger partial charge in [0.15, 0.2) is 5.82 Å². The molecule has 0 aliphatic rings. The van der Waals surface area contributed by atoms with E-state index < -0.39 is 17.6 Å². The Hall–Kier alpha value is -2.31. The largest absolute Gasteiger partial charge is 0.460 e. The summed E-state index contributed by atoms with van der Waals surface area (Å²) in [7, 11) is 1.52. The summed E-state index contributed by atoms with van der Waals surface area (Å²) in [6.45, 7) is 1.85. The van der Waals surface area contributed by atoms with E-state index in [-0.39, 0.29) is 23.8 Å². The predicted molar refractivity (Wildman–Crippen MR) is 62.3 cm³/mol. The Balaban J connectivity index is 2.42. The normalized spacial score (nSPS) is 10.5. The molecule has 0 aliphatic heterocycles. The van der Waals surface area contributed by atoms with Crippen LogP contribution in [0.3, 0.4) is 0 Å². The van der Waals surface area contributed by atoms with Gasteiger partial charge < -0.3 is 4.74 Å². The number of carbonyl (C=O) groups is 1.